The Balaban J connectivity index is 2.28. The van der Waals surface area contributed by atoms with Crippen molar-refractivity contribution in [3.05, 3.63) is 66.6 Å². The van der Waals surface area contributed by atoms with Crippen LogP contribution < -0.4 is 5.32 Å². The maximum Gasteiger partial charge on any atom is 0.288 e. The van der Waals surface area contributed by atoms with E-state index in [1.165, 1.54) is 12.1 Å². The van der Waals surface area contributed by atoms with Gasteiger partial charge in [-0.25, -0.2) is 0 Å². The van der Waals surface area contributed by atoms with Crippen LogP contribution in [-0.2, 0) is 0 Å². The van der Waals surface area contributed by atoms with E-state index in [-0.39, 0.29) is 16.3 Å². The van der Waals surface area contributed by atoms with Crippen LogP contribution in [0.2, 0.25) is 10.0 Å². The SMILES string of the molecule is O=C(Nc1ccc(Cl)cc1Br)c1ccc(Cl)c([N+](=O)[O-])c1. The predicted molar refractivity (Wildman–Crippen MR) is 85.2 cm³/mol. The summed E-state index contributed by atoms with van der Waals surface area (Å²) in [5.74, 6) is -0.488. The van der Waals surface area contributed by atoms with E-state index >= 15 is 0 Å². The number of nitrogens with zero attached hydrogens (tertiary/aromatic N) is 1. The van der Waals surface area contributed by atoms with Gasteiger partial charge in [0.05, 0.1) is 10.6 Å². The summed E-state index contributed by atoms with van der Waals surface area (Å²) in [5.41, 5.74) is 0.314. The molecule has 0 saturated heterocycles. The van der Waals surface area contributed by atoms with Crippen LogP contribution in [0.25, 0.3) is 0 Å². The molecule has 2 aromatic carbocycles. The first-order chi connectivity index (χ1) is 9.88. The number of halogens is 3. The lowest BCUT2D eigenvalue weighted by molar-refractivity contribution is -0.384. The van der Waals surface area contributed by atoms with Gasteiger partial charge in [-0.2, -0.15) is 0 Å². The highest BCUT2D eigenvalue weighted by molar-refractivity contribution is 9.10. The molecule has 0 bridgehead atoms. The van der Waals surface area contributed by atoms with Crippen molar-refractivity contribution < 1.29 is 9.72 Å². The van der Waals surface area contributed by atoms with E-state index in [4.69, 9.17) is 23.2 Å². The fourth-order valence-electron chi connectivity index (χ4n) is 1.58. The minimum absolute atomic E-state index is 0.0239. The summed E-state index contributed by atoms with van der Waals surface area (Å²) in [6, 6.07) is 8.71. The molecule has 0 aliphatic rings. The van der Waals surface area contributed by atoms with E-state index in [2.05, 4.69) is 21.2 Å². The zero-order valence-corrected chi connectivity index (χ0v) is 13.4. The Morgan fingerprint density at radius 1 is 1.19 bits per heavy atom. The van der Waals surface area contributed by atoms with E-state index < -0.39 is 10.8 Å². The van der Waals surface area contributed by atoms with Crippen molar-refractivity contribution in [1.29, 1.82) is 0 Å². The summed E-state index contributed by atoms with van der Waals surface area (Å²) in [6.45, 7) is 0. The second-order valence-corrected chi connectivity index (χ2v) is 5.70. The molecule has 21 heavy (non-hydrogen) atoms. The maximum atomic E-state index is 12.1. The lowest BCUT2D eigenvalue weighted by atomic mass is 10.2. The molecule has 0 heterocycles. The number of hydrogen-bond donors (Lipinski definition) is 1. The third kappa shape index (κ3) is 3.72. The van der Waals surface area contributed by atoms with Crippen molar-refractivity contribution in [3.8, 4) is 0 Å². The van der Waals surface area contributed by atoms with Crippen molar-refractivity contribution in [2.45, 2.75) is 0 Å². The Bertz CT molecular complexity index is 737. The van der Waals surface area contributed by atoms with Gasteiger partial charge < -0.3 is 5.32 Å². The van der Waals surface area contributed by atoms with Crippen molar-refractivity contribution in [2.75, 3.05) is 5.32 Å². The second-order valence-electron chi connectivity index (χ2n) is 4.00. The number of carbonyl (C=O) groups is 1. The van der Waals surface area contributed by atoms with Crippen LogP contribution >= 0.6 is 39.1 Å². The first kappa shape index (κ1) is 15.8. The van der Waals surface area contributed by atoms with Gasteiger partial charge >= 0.3 is 0 Å². The molecular weight excluding hydrogens is 383 g/mol. The van der Waals surface area contributed by atoms with Gasteiger partial charge in [0.2, 0.25) is 0 Å². The topological polar surface area (TPSA) is 72.2 Å². The fraction of sp³-hybridized carbons (Fsp3) is 0. The van der Waals surface area contributed by atoms with Gasteiger partial charge in [-0.3, -0.25) is 14.9 Å². The molecule has 0 spiro atoms. The van der Waals surface area contributed by atoms with E-state index in [0.29, 0.717) is 15.2 Å². The number of hydrogen-bond acceptors (Lipinski definition) is 3. The number of carbonyl (C=O) groups excluding carboxylic acids is 1. The lowest BCUT2D eigenvalue weighted by Crippen LogP contribution is -2.12. The first-order valence-electron chi connectivity index (χ1n) is 5.59. The normalized spacial score (nSPS) is 10.2. The third-order valence-corrected chi connectivity index (χ3v) is 3.80. The van der Waals surface area contributed by atoms with Crippen LogP contribution in [0.15, 0.2) is 40.9 Å². The predicted octanol–water partition coefficient (Wildman–Crippen LogP) is 4.92. The number of nitrogens with one attached hydrogen (secondary N) is 1. The van der Waals surface area contributed by atoms with Crippen LogP contribution in [0.4, 0.5) is 11.4 Å². The summed E-state index contributed by atoms with van der Waals surface area (Å²) >= 11 is 14.8. The van der Waals surface area contributed by atoms with Crippen LogP contribution in [0.1, 0.15) is 10.4 Å². The first-order valence-corrected chi connectivity index (χ1v) is 7.13. The van der Waals surface area contributed by atoms with Crippen molar-refractivity contribution in [1.82, 2.24) is 0 Å². The van der Waals surface area contributed by atoms with E-state index in [0.717, 1.165) is 6.07 Å². The maximum absolute atomic E-state index is 12.1. The molecule has 2 aromatic rings. The van der Waals surface area contributed by atoms with Crippen molar-refractivity contribution in [3.63, 3.8) is 0 Å². The van der Waals surface area contributed by atoms with Gasteiger partial charge in [0.25, 0.3) is 11.6 Å². The van der Waals surface area contributed by atoms with Crippen molar-refractivity contribution in [2.24, 2.45) is 0 Å². The summed E-state index contributed by atoms with van der Waals surface area (Å²) < 4.78 is 0.604. The largest absolute Gasteiger partial charge is 0.321 e. The van der Waals surface area contributed by atoms with E-state index in [9.17, 15) is 14.9 Å². The average molecular weight is 390 g/mol. The molecule has 0 radical (unpaired) electrons. The molecule has 0 fully saturated rings. The molecule has 5 nitrogen and oxygen atoms in total. The van der Waals surface area contributed by atoms with E-state index in [1.807, 2.05) is 0 Å². The molecule has 0 unspecified atom stereocenters. The van der Waals surface area contributed by atoms with E-state index in [1.54, 1.807) is 18.2 Å². The van der Waals surface area contributed by atoms with Gasteiger partial charge in [-0.1, -0.05) is 23.2 Å². The molecule has 2 rings (SSSR count). The standard InChI is InChI=1S/C13H7BrCl2N2O3/c14-9-6-8(15)2-4-11(9)17-13(19)7-1-3-10(16)12(5-7)18(20)21/h1-6H,(H,17,19). The monoisotopic (exact) mass is 388 g/mol. The summed E-state index contributed by atoms with van der Waals surface area (Å²) in [7, 11) is 0. The highest BCUT2D eigenvalue weighted by Gasteiger charge is 2.16. The van der Waals surface area contributed by atoms with Gasteiger partial charge in [-0.05, 0) is 46.3 Å². The number of nitro groups is 1. The fourth-order valence-corrected chi connectivity index (χ4v) is 2.55. The molecule has 1 amide bonds. The third-order valence-electron chi connectivity index (χ3n) is 2.58. The number of nitro benzene ring substituents is 1. The molecule has 0 aromatic heterocycles. The Labute approximate surface area is 138 Å². The average Bonchev–Trinajstić information content (AvgIpc) is 2.42. The summed E-state index contributed by atoms with van der Waals surface area (Å²) in [4.78, 5) is 22.3. The summed E-state index contributed by atoms with van der Waals surface area (Å²) in [6.07, 6.45) is 0. The lowest BCUT2D eigenvalue weighted by Gasteiger charge is -2.08. The quantitative estimate of drug-likeness (QED) is 0.598. The zero-order valence-electron chi connectivity index (χ0n) is 10.3. The van der Waals surface area contributed by atoms with Gasteiger partial charge in [0.15, 0.2) is 0 Å². The number of amides is 1. The highest BCUT2D eigenvalue weighted by Crippen LogP contribution is 2.28. The molecule has 1 N–H and O–H groups in total. The van der Waals surface area contributed by atoms with Crippen molar-refractivity contribution >= 4 is 56.4 Å². The molecule has 0 saturated carbocycles. The molecular formula is C13H7BrCl2N2O3. The van der Waals surface area contributed by atoms with Crippen LogP contribution in [-0.4, -0.2) is 10.8 Å². The minimum Gasteiger partial charge on any atom is -0.321 e. The Kier molecular flexibility index (Phi) is 4.82. The van der Waals surface area contributed by atoms with Crippen LogP contribution in [0.3, 0.4) is 0 Å². The molecule has 8 heteroatoms. The molecule has 0 aliphatic heterocycles. The molecule has 0 atom stereocenters. The number of benzene rings is 2. The van der Waals surface area contributed by atoms with Gasteiger partial charge in [0, 0.05) is 21.1 Å². The van der Waals surface area contributed by atoms with Gasteiger partial charge in [0.1, 0.15) is 5.02 Å². The van der Waals surface area contributed by atoms with Gasteiger partial charge in [-0.15, -0.1) is 0 Å². The Hall–Kier alpha value is -1.63. The Morgan fingerprint density at radius 3 is 2.52 bits per heavy atom. The van der Waals surface area contributed by atoms with Crippen LogP contribution in [0, 0.1) is 10.1 Å². The second kappa shape index (κ2) is 6.43. The molecule has 108 valence electrons. The smallest absolute Gasteiger partial charge is 0.288 e. The summed E-state index contributed by atoms with van der Waals surface area (Å²) in [5, 5.41) is 13.9. The molecule has 0 aliphatic carbocycles. The zero-order chi connectivity index (χ0) is 15.6. The minimum atomic E-state index is -0.642. The highest BCUT2D eigenvalue weighted by atomic mass is 79.9. The number of rotatable bonds is 3. The Morgan fingerprint density at radius 2 is 1.90 bits per heavy atom. The number of anilines is 1. The van der Waals surface area contributed by atoms with Crippen LogP contribution in [0.5, 0.6) is 0 Å².